The molecule has 0 bridgehead atoms. The first-order valence-corrected chi connectivity index (χ1v) is 7.69. The van der Waals surface area contributed by atoms with Crippen LogP contribution in [0.2, 0.25) is 0 Å². The molecule has 2 saturated carbocycles. The van der Waals surface area contributed by atoms with Crippen LogP contribution in [-0.2, 0) is 4.74 Å². The van der Waals surface area contributed by atoms with E-state index in [0.29, 0.717) is 12.1 Å². The number of ether oxygens (including phenoxy) is 1. The van der Waals surface area contributed by atoms with Gasteiger partial charge in [-0.1, -0.05) is 26.2 Å². The van der Waals surface area contributed by atoms with Gasteiger partial charge in [-0.3, -0.25) is 0 Å². The summed E-state index contributed by atoms with van der Waals surface area (Å²) in [5.41, 5.74) is 0.206. The molecule has 2 unspecified atom stereocenters. The summed E-state index contributed by atoms with van der Waals surface area (Å²) in [4.78, 5) is 0. The fraction of sp³-hybridized carbons (Fsp3) is 1.00. The zero-order chi connectivity index (χ0) is 11.7. The van der Waals surface area contributed by atoms with E-state index in [2.05, 4.69) is 12.2 Å². The maximum absolute atomic E-state index is 6.58. The Kier molecular flexibility index (Phi) is 3.45. The van der Waals surface area contributed by atoms with Gasteiger partial charge in [0.15, 0.2) is 0 Å². The van der Waals surface area contributed by atoms with E-state index in [1.54, 1.807) is 0 Å². The molecule has 98 valence electrons. The highest BCUT2D eigenvalue weighted by Crippen LogP contribution is 2.39. The second kappa shape index (κ2) is 4.89. The quantitative estimate of drug-likeness (QED) is 0.698. The molecule has 3 fully saturated rings. The minimum atomic E-state index is 0.206. The summed E-state index contributed by atoms with van der Waals surface area (Å²) in [5.74, 6) is 0.913. The van der Waals surface area contributed by atoms with E-state index < -0.39 is 0 Å². The van der Waals surface area contributed by atoms with E-state index in [4.69, 9.17) is 4.74 Å². The van der Waals surface area contributed by atoms with Crippen LogP contribution in [0, 0.1) is 5.92 Å². The number of hydrogen-bond acceptors (Lipinski definition) is 2. The van der Waals surface area contributed by atoms with Crippen molar-refractivity contribution in [2.75, 3.05) is 6.54 Å². The molecule has 0 aromatic carbocycles. The van der Waals surface area contributed by atoms with Crippen LogP contribution in [-0.4, -0.2) is 24.3 Å². The third-order valence-electron chi connectivity index (χ3n) is 5.23. The maximum Gasteiger partial charge on any atom is 0.0811 e. The normalized spacial score (nSPS) is 47.5. The first kappa shape index (κ1) is 12.0. The van der Waals surface area contributed by atoms with Gasteiger partial charge in [0.25, 0.3) is 0 Å². The van der Waals surface area contributed by atoms with Gasteiger partial charge in [0.2, 0.25) is 0 Å². The Hall–Kier alpha value is -0.0800. The van der Waals surface area contributed by atoms with Gasteiger partial charge in [-0.15, -0.1) is 0 Å². The Morgan fingerprint density at radius 1 is 1.00 bits per heavy atom. The van der Waals surface area contributed by atoms with Crippen LogP contribution in [0.4, 0.5) is 0 Å². The highest BCUT2D eigenvalue weighted by atomic mass is 16.5. The molecule has 3 rings (SSSR count). The predicted molar refractivity (Wildman–Crippen MR) is 70.1 cm³/mol. The largest absolute Gasteiger partial charge is 0.369 e. The SMILES string of the molecule is CC1CCC2(CC1)CNC1CCCCCC1O2. The summed E-state index contributed by atoms with van der Waals surface area (Å²) in [7, 11) is 0. The molecule has 1 aliphatic heterocycles. The van der Waals surface area contributed by atoms with Crippen LogP contribution in [0.1, 0.15) is 64.7 Å². The summed E-state index contributed by atoms with van der Waals surface area (Å²) in [6.07, 6.45) is 12.6. The lowest BCUT2D eigenvalue weighted by atomic mass is 9.78. The fourth-order valence-electron chi connectivity index (χ4n) is 3.91. The van der Waals surface area contributed by atoms with Gasteiger partial charge in [-0.25, -0.2) is 0 Å². The lowest BCUT2D eigenvalue weighted by Gasteiger charge is -2.48. The first-order valence-electron chi connectivity index (χ1n) is 7.69. The second-order valence-electron chi connectivity index (χ2n) is 6.65. The fourth-order valence-corrected chi connectivity index (χ4v) is 3.91. The van der Waals surface area contributed by atoms with E-state index in [1.807, 2.05) is 0 Å². The third-order valence-corrected chi connectivity index (χ3v) is 5.23. The minimum absolute atomic E-state index is 0.206. The third kappa shape index (κ3) is 2.53. The van der Waals surface area contributed by atoms with Crippen LogP contribution in [0.3, 0.4) is 0 Å². The van der Waals surface area contributed by atoms with Gasteiger partial charge in [0.05, 0.1) is 11.7 Å². The number of hydrogen-bond donors (Lipinski definition) is 1. The van der Waals surface area contributed by atoms with Gasteiger partial charge in [-0.2, -0.15) is 0 Å². The number of fused-ring (bicyclic) bond motifs is 1. The van der Waals surface area contributed by atoms with Crippen molar-refractivity contribution < 1.29 is 4.74 Å². The van der Waals surface area contributed by atoms with Crippen LogP contribution in [0.25, 0.3) is 0 Å². The molecular formula is C15H27NO. The molecule has 2 nitrogen and oxygen atoms in total. The lowest BCUT2D eigenvalue weighted by molar-refractivity contribution is -0.156. The summed E-state index contributed by atoms with van der Waals surface area (Å²) in [6, 6.07) is 0.655. The standard InChI is InChI=1S/C15H27NO/c1-12-7-9-15(10-8-12)11-16-13-5-3-2-4-6-14(13)17-15/h12-14,16H,2-11H2,1H3. The molecule has 0 radical (unpaired) electrons. The summed E-state index contributed by atoms with van der Waals surface area (Å²) >= 11 is 0. The molecule has 3 aliphatic rings. The molecule has 2 aliphatic carbocycles. The van der Waals surface area contributed by atoms with Crippen molar-refractivity contribution in [1.29, 1.82) is 0 Å². The average Bonchev–Trinajstić information content (AvgIpc) is 2.58. The summed E-state index contributed by atoms with van der Waals surface area (Å²) in [5, 5.41) is 3.81. The molecule has 17 heavy (non-hydrogen) atoms. The predicted octanol–water partition coefficient (Wildman–Crippen LogP) is 3.26. The molecule has 2 heteroatoms. The van der Waals surface area contributed by atoms with E-state index in [0.717, 1.165) is 12.5 Å². The Bertz CT molecular complexity index is 258. The van der Waals surface area contributed by atoms with Crippen molar-refractivity contribution in [3.8, 4) is 0 Å². The van der Waals surface area contributed by atoms with Crippen molar-refractivity contribution in [3.05, 3.63) is 0 Å². The Morgan fingerprint density at radius 3 is 2.59 bits per heavy atom. The monoisotopic (exact) mass is 237 g/mol. The zero-order valence-corrected chi connectivity index (χ0v) is 11.2. The van der Waals surface area contributed by atoms with Gasteiger partial charge in [0, 0.05) is 12.6 Å². The van der Waals surface area contributed by atoms with E-state index in [1.165, 1.54) is 57.8 Å². The topological polar surface area (TPSA) is 21.3 Å². The molecule has 1 spiro atoms. The second-order valence-corrected chi connectivity index (χ2v) is 6.65. The summed E-state index contributed by atoms with van der Waals surface area (Å²) in [6.45, 7) is 3.50. The molecule has 0 aromatic rings. The van der Waals surface area contributed by atoms with Gasteiger partial charge < -0.3 is 10.1 Å². The van der Waals surface area contributed by atoms with E-state index in [9.17, 15) is 0 Å². The molecule has 1 heterocycles. The Labute approximate surface area is 105 Å². The molecule has 1 saturated heterocycles. The van der Waals surface area contributed by atoms with Crippen LogP contribution in [0.15, 0.2) is 0 Å². The molecule has 0 aromatic heterocycles. The lowest BCUT2D eigenvalue weighted by Crippen LogP contribution is -2.59. The minimum Gasteiger partial charge on any atom is -0.369 e. The van der Waals surface area contributed by atoms with E-state index in [-0.39, 0.29) is 5.60 Å². The smallest absolute Gasteiger partial charge is 0.0811 e. The van der Waals surface area contributed by atoms with Crippen LogP contribution in [0.5, 0.6) is 0 Å². The zero-order valence-electron chi connectivity index (χ0n) is 11.2. The number of rotatable bonds is 0. The van der Waals surface area contributed by atoms with Crippen LogP contribution < -0.4 is 5.32 Å². The average molecular weight is 237 g/mol. The number of morpholine rings is 1. The maximum atomic E-state index is 6.58. The molecule has 2 atom stereocenters. The van der Waals surface area contributed by atoms with Gasteiger partial charge in [-0.05, 0) is 44.4 Å². The van der Waals surface area contributed by atoms with E-state index >= 15 is 0 Å². The van der Waals surface area contributed by atoms with Crippen molar-refractivity contribution in [2.24, 2.45) is 5.92 Å². The Balaban J connectivity index is 1.65. The molecule has 0 amide bonds. The highest BCUT2D eigenvalue weighted by Gasteiger charge is 2.43. The van der Waals surface area contributed by atoms with Crippen LogP contribution >= 0.6 is 0 Å². The van der Waals surface area contributed by atoms with Crippen molar-refractivity contribution >= 4 is 0 Å². The first-order chi connectivity index (χ1) is 8.27. The molecule has 1 N–H and O–H groups in total. The number of nitrogens with one attached hydrogen (secondary N) is 1. The highest BCUT2D eigenvalue weighted by molar-refractivity contribution is 4.97. The van der Waals surface area contributed by atoms with Gasteiger partial charge >= 0.3 is 0 Å². The summed E-state index contributed by atoms with van der Waals surface area (Å²) < 4.78 is 6.58. The Morgan fingerprint density at radius 2 is 1.76 bits per heavy atom. The van der Waals surface area contributed by atoms with Gasteiger partial charge in [0.1, 0.15) is 0 Å². The van der Waals surface area contributed by atoms with Crippen molar-refractivity contribution in [3.63, 3.8) is 0 Å². The van der Waals surface area contributed by atoms with Crippen molar-refractivity contribution in [1.82, 2.24) is 5.32 Å². The molecular weight excluding hydrogens is 210 g/mol. The van der Waals surface area contributed by atoms with Crippen molar-refractivity contribution in [2.45, 2.75) is 82.5 Å².